The summed E-state index contributed by atoms with van der Waals surface area (Å²) in [6.45, 7) is 1.76. The second-order valence-electron chi connectivity index (χ2n) is 7.72. The first-order valence-corrected chi connectivity index (χ1v) is 12.5. The van der Waals surface area contributed by atoms with Gasteiger partial charge in [0, 0.05) is 10.9 Å². The van der Waals surface area contributed by atoms with Gasteiger partial charge in [-0.2, -0.15) is 5.26 Å². The van der Waals surface area contributed by atoms with E-state index in [1.54, 1.807) is 24.3 Å². The lowest BCUT2D eigenvalue weighted by atomic mass is 10.1. The van der Waals surface area contributed by atoms with Crippen LogP contribution in [0.5, 0.6) is 11.5 Å². The van der Waals surface area contributed by atoms with E-state index in [9.17, 15) is 10.1 Å². The van der Waals surface area contributed by atoms with Crippen LogP contribution in [0.3, 0.4) is 0 Å². The molecule has 7 nitrogen and oxygen atoms in total. The highest BCUT2D eigenvalue weighted by Crippen LogP contribution is 2.25. The van der Waals surface area contributed by atoms with Gasteiger partial charge >= 0.3 is 0 Å². The van der Waals surface area contributed by atoms with Crippen LogP contribution >= 0.6 is 11.3 Å². The van der Waals surface area contributed by atoms with Crippen LogP contribution in [-0.2, 0) is 9.53 Å². The summed E-state index contributed by atoms with van der Waals surface area (Å²) in [6.07, 6.45) is 1.53. The number of nitrogens with zero attached hydrogens (tertiary/aromatic N) is 2. The van der Waals surface area contributed by atoms with Gasteiger partial charge in [-0.25, -0.2) is 4.98 Å². The number of ether oxygens (including phenoxy) is 3. The zero-order chi connectivity index (χ0) is 25.7. The van der Waals surface area contributed by atoms with E-state index < -0.39 is 5.91 Å². The Balaban J connectivity index is 1.21. The summed E-state index contributed by atoms with van der Waals surface area (Å²) >= 11 is 1.31. The number of nitrogens with one attached hydrogen (secondary N) is 1. The van der Waals surface area contributed by atoms with Crippen molar-refractivity contribution in [1.29, 1.82) is 5.26 Å². The topological polar surface area (TPSA) is 93.5 Å². The van der Waals surface area contributed by atoms with Gasteiger partial charge in [0.05, 0.1) is 18.9 Å². The number of hydrogen-bond donors (Lipinski definition) is 1. The molecule has 0 aliphatic carbocycles. The summed E-state index contributed by atoms with van der Waals surface area (Å²) < 4.78 is 16.8. The highest BCUT2D eigenvalue weighted by molar-refractivity contribution is 7.14. The van der Waals surface area contributed by atoms with E-state index in [1.807, 2.05) is 72.1 Å². The predicted molar refractivity (Wildman–Crippen MR) is 144 cm³/mol. The van der Waals surface area contributed by atoms with Gasteiger partial charge in [0.1, 0.15) is 36.4 Å². The maximum absolute atomic E-state index is 12.6. The molecule has 0 saturated heterocycles. The first-order valence-electron chi connectivity index (χ1n) is 11.6. The number of amides is 1. The fourth-order valence-electron chi connectivity index (χ4n) is 3.27. The van der Waals surface area contributed by atoms with Gasteiger partial charge in [0.2, 0.25) is 0 Å². The molecule has 1 amide bonds. The zero-order valence-electron chi connectivity index (χ0n) is 20.0. The third-order valence-corrected chi connectivity index (χ3v) is 5.84. The first-order chi connectivity index (χ1) is 18.2. The van der Waals surface area contributed by atoms with Crippen LogP contribution in [0.25, 0.3) is 17.3 Å². The van der Waals surface area contributed by atoms with Crippen molar-refractivity contribution in [1.82, 2.24) is 4.98 Å². The predicted octanol–water partition coefficient (Wildman–Crippen LogP) is 5.83. The lowest BCUT2D eigenvalue weighted by molar-refractivity contribution is -0.112. The lowest BCUT2D eigenvalue weighted by Crippen LogP contribution is -2.13. The molecule has 4 rings (SSSR count). The van der Waals surface area contributed by atoms with E-state index >= 15 is 0 Å². The van der Waals surface area contributed by atoms with Crippen LogP contribution in [0.2, 0.25) is 0 Å². The molecule has 0 atom stereocenters. The Hall–Kier alpha value is -4.45. The number of carbonyl (C=O) groups is 1. The Morgan fingerprint density at radius 3 is 2.14 bits per heavy atom. The number of anilines is 1. The maximum atomic E-state index is 12.6. The summed E-state index contributed by atoms with van der Waals surface area (Å²) in [5.41, 5.74) is 2.42. The van der Waals surface area contributed by atoms with E-state index in [1.165, 1.54) is 17.4 Å². The Bertz CT molecular complexity index is 1350. The second kappa shape index (κ2) is 13.6. The van der Waals surface area contributed by atoms with Gasteiger partial charge in [0.25, 0.3) is 5.91 Å². The summed E-state index contributed by atoms with van der Waals surface area (Å²) in [7, 11) is 0. The smallest absolute Gasteiger partial charge is 0.268 e. The second-order valence-corrected chi connectivity index (χ2v) is 8.58. The highest BCUT2D eigenvalue weighted by Gasteiger charge is 2.12. The molecule has 4 aromatic rings. The molecule has 8 heteroatoms. The average molecular weight is 512 g/mol. The fraction of sp³-hybridized carbons (Fsp3) is 0.138. The normalized spacial score (nSPS) is 10.9. The van der Waals surface area contributed by atoms with Crippen molar-refractivity contribution in [3.8, 4) is 28.8 Å². The lowest BCUT2D eigenvalue weighted by Gasteiger charge is -2.09. The number of carbonyl (C=O) groups excluding carboxylic acids is 1. The van der Waals surface area contributed by atoms with Gasteiger partial charge in [-0.3, -0.25) is 10.1 Å². The molecule has 0 aliphatic rings. The van der Waals surface area contributed by atoms with Crippen molar-refractivity contribution < 1.29 is 19.0 Å². The van der Waals surface area contributed by atoms with Gasteiger partial charge < -0.3 is 14.2 Å². The molecule has 3 aromatic carbocycles. The number of benzene rings is 3. The molecule has 0 bridgehead atoms. The zero-order valence-corrected chi connectivity index (χ0v) is 20.8. The molecule has 0 aliphatic heterocycles. The number of nitriles is 1. The molecule has 1 N–H and O–H groups in total. The molecular weight excluding hydrogens is 486 g/mol. The van der Waals surface area contributed by atoms with Crippen molar-refractivity contribution >= 4 is 28.5 Å². The van der Waals surface area contributed by atoms with Crippen LogP contribution in [0.1, 0.15) is 5.56 Å². The Morgan fingerprint density at radius 2 is 1.49 bits per heavy atom. The van der Waals surface area contributed by atoms with Crippen LogP contribution in [-0.4, -0.2) is 37.3 Å². The van der Waals surface area contributed by atoms with E-state index in [2.05, 4.69) is 10.3 Å². The average Bonchev–Trinajstić information content (AvgIpc) is 3.41. The maximum Gasteiger partial charge on any atom is 0.268 e. The third-order valence-electron chi connectivity index (χ3n) is 5.09. The van der Waals surface area contributed by atoms with Crippen LogP contribution < -0.4 is 14.8 Å². The van der Waals surface area contributed by atoms with E-state index in [0.29, 0.717) is 42.9 Å². The van der Waals surface area contributed by atoms with Gasteiger partial charge in [-0.15, -0.1) is 11.3 Å². The number of hydrogen-bond acceptors (Lipinski definition) is 7. The monoisotopic (exact) mass is 511 g/mol. The summed E-state index contributed by atoms with van der Waals surface area (Å²) in [6, 6.07) is 28.4. The summed E-state index contributed by atoms with van der Waals surface area (Å²) in [5, 5.41) is 14.5. The first kappa shape index (κ1) is 25.6. The number of thiazole rings is 1. The van der Waals surface area contributed by atoms with Crippen molar-refractivity contribution in [2.24, 2.45) is 0 Å². The number of aromatic nitrogens is 1. The molecule has 0 unspecified atom stereocenters. The van der Waals surface area contributed by atoms with Crippen molar-refractivity contribution in [2.75, 3.05) is 31.7 Å². The van der Waals surface area contributed by atoms with Gasteiger partial charge in [0.15, 0.2) is 5.13 Å². The SMILES string of the molecule is N#CC(=Cc1ccc(OCCOCCOc2ccccc2)cc1)C(=O)Nc1nc(-c2ccccc2)cs1. The third kappa shape index (κ3) is 8.04. The van der Waals surface area contributed by atoms with E-state index in [4.69, 9.17) is 14.2 Å². The molecule has 1 heterocycles. The van der Waals surface area contributed by atoms with Gasteiger partial charge in [-0.1, -0.05) is 60.7 Å². The molecule has 186 valence electrons. The minimum absolute atomic E-state index is 0.0174. The Morgan fingerprint density at radius 1 is 0.865 bits per heavy atom. The van der Waals surface area contributed by atoms with Crippen LogP contribution in [0.4, 0.5) is 5.13 Å². The molecule has 0 fully saturated rings. The van der Waals surface area contributed by atoms with Crippen molar-refractivity contribution in [2.45, 2.75) is 0 Å². The molecule has 0 saturated carbocycles. The van der Waals surface area contributed by atoms with E-state index in [0.717, 1.165) is 17.0 Å². The van der Waals surface area contributed by atoms with Crippen molar-refractivity contribution in [3.63, 3.8) is 0 Å². The number of rotatable bonds is 12. The molecule has 0 radical (unpaired) electrons. The Labute approximate surface area is 219 Å². The minimum atomic E-state index is -0.509. The quantitative estimate of drug-likeness (QED) is 0.146. The molecule has 37 heavy (non-hydrogen) atoms. The van der Waals surface area contributed by atoms with Crippen LogP contribution in [0.15, 0.2) is 95.9 Å². The van der Waals surface area contributed by atoms with Crippen molar-refractivity contribution in [3.05, 3.63) is 101 Å². The summed E-state index contributed by atoms with van der Waals surface area (Å²) in [4.78, 5) is 17.0. The largest absolute Gasteiger partial charge is 0.491 e. The molecule has 1 aromatic heterocycles. The molecule has 0 spiro atoms. The summed E-state index contributed by atoms with van der Waals surface area (Å²) in [5.74, 6) is 0.972. The molecular formula is C29H25N3O4S. The Kier molecular flexibility index (Phi) is 9.42. The highest BCUT2D eigenvalue weighted by atomic mass is 32.1. The van der Waals surface area contributed by atoms with Crippen LogP contribution in [0, 0.1) is 11.3 Å². The standard InChI is InChI=1S/C29H25N3O4S/c30-20-24(28(33)32-29-31-27(21-37-29)23-7-3-1-4-8-23)19-22-11-13-26(14-12-22)36-18-16-34-15-17-35-25-9-5-2-6-10-25/h1-14,19,21H,15-18H2,(H,31,32,33). The minimum Gasteiger partial charge on any atom is -0.491 e. The van der Waals surface area contributed by atoms with Gasteiger partial charge in [-0.05, 0) is 35.9 Å². The van der Waals surface area contributed by atoms with E-state index in [-0.39, 0.29) is 5.57 Å². The fourth-order valence-corrected chi connectivity index (χ4v) is 3.98. The number of para-hydroxylation sites is 1.